The summed E-state index contributed by atoms with van der Waals surface area (Å²) in [6.45, 7) is 0. The lowest BCUT2D eigenvalue weighted by atomic mass is 9.95. The molecule has 3 aromatic rings. The minimum atomic E-state index is 0.208. The van der Waals surface area contributed by atoms with Crippen LogP contribution in [-0.4, -0.2) is 0 Å². The second kappa shape index (κ2) is 6.06. The van der Waals surface area contributed by atoms with Crippen LogP contribution in [0.2, 0.25) is 0 Å². The van der Waals surface area contributed by atoms with E-state index in [9.17, 15) is 0 Å². The Kier molecular flexibility index (Phi) is 3.98. The second-order valence-electron chi connectivity index (χ2n) is 4.73. The van der Waals surface area contributed by atoms with Crippen LogP contribution in [0.1, 0.15) is 16.0 Å². The van der Waals surface area contributed by atoms with Gasteiger partial charge in [-0.2, -0.15) is 0 Å². The average molecular weight is 323 g/mol. The highest BCUT2D eigenvalue weighted by Crippen LogP contribution is 2.36. The van der Waals surface area contributed by atoms with Crippen molar-refractivity contribution in [1.29, 1.82) is 0 Å². The van der Waals surface area contributed by atoms with E-state index in [1.807, 2.05) is 6.07 Å². The van der Waals surface area contributed by atoms with Crippen molar-refractivity contribution < 1.29 is 0 Å². The SMILES string of the molecule is BrC(c1ccccc1)c1ccccc1-c1ccccc1. The van der Waals surface area contributed by atoms with Gasteiger partial charge in [0.25, 0.3) is 0 Å². The van der Waals surface area contributed by atoms with Crippen molar-refractivity contribution >= 4 is 15.9 Å². The summed E-state index contributed by atoms with van der Waals surface area (Å²) in [7, 11) is 0. The lowest BCUT2D eigenvalue weighted by molar-refractivity contribution is 1.18. The van der Waals surface area contributed by atoms with Crippen LogP contribution >= 0.6 is 15.9 Å². The molecule has 20 heavy (non-hydrogen) atoms. The molecule has 1 unspecified atom stereocenters. The van der Waals surface area contributed by atoms with E-state index in [4.69, 9.17) is 0 Å². The highest BCUT2D eigenvalue weighted by molar-refractivity contribution is 9.09. The number of alkyl halides is 1. The van der Waals surface area contributed by atoms with Crippen molar-refractivity contribution in [2.24, 2.45) is 0 Å². The first-order chi connectivity index (χ1) is 9.86. The summed E-state index contributed by atoms with van der Waals surface area (Å²) in [6, 6.07) is 29.6. The topological polar surface area (TPSA) is 0 Å². The van der Waals surface area contributed by atoms with Gasteiger partial charge in [0.15, 0.2) is 0 Å². The molecule has 3 rings (SSSR count). The van der Waals surface area contributed by atoms with Gasteiger partial charge in [0.05, 0.1) is 4.83 Å². The third-order valence-corrected chi connectivity index (χ3v) is 4.43. The number of benzene rings is 3. The van der Waals surface area contributed by atoms with E-state index in [0.29, 0.717) is 0 Å². The molecule has 0 aromatic heterocycles. The first-order valence-corrected chi connectivity index (χ1v) is 7.61. The minimum absolute atomic E-state index is 0.208. The average Bonchev–Trinajstić information content (AvgIpc) is 2.56. The molecule has 0 aliphatic rings. The van der Waals surface area contributed by atoms with Gasteiger partial charge < -0.3 is 0 Å². The van der Waals surface area contributed by atoms with Crippen molar-refractivity contribution in [3.63, 3.8) is 0 Å². The Morgan fingerprint density at radius 3 is 1.85 bits per heavy atom. The molecule has 0 spiro atoms. The van der Waals surface area contributed by atoms with Crippen LogP contribution in [-0.2, 0) is 0 Å². The van der Waals surface area contributed by atoms with Crippen molar-refractivity contribution in [1.82, 2.24) is 0 Å². The maximum Gasteiger partial charge on any atom is 0.0650 e. The smallest absolute Gasteiger partial charge is 0.0650 e. The van der Waals surface area contributed by atoms with Crippen LogP contribution in [0.5, 0.6) is 0 Å². The van der Waals surface area contributed by atoms with Gasteiger partial charge in [-0.1, -0.05) is 101 Å². The van der Waals surface area contributed by atoms with E-state index in [0.717, 1.165) is 0 Å². The van der Waals surface area contributed by atoms with Gasteiger partial charge in [-0.05, 0) is 22.3 Å². The highest BCUT2D eigenvalue weighted by atomic mass is 79.9. The van der Waals surface area contributed by atoms with Gasteiger partial charge in [0.2, 0.25) is 0 Å². The first kappa shape index (κ1) is 13.1. The van der Waals surface area contributed by atoms with Gasteiger partial charge >= 0.3 is 0 Å². The molecule has 0 radical (unpaired) electrons. The van der Waals surface area contributed by atoms with Crippen molar-refractivity contribution in [2.45, 2.75) is 4.83 Å². The summed E-state index contributed by atoms with van der Waals surface area (Å²) in [4.78, 5) is 0.208. The predicted octanol–water partition coefficient (Wildman–Crippen LogP) is 5.84. The molecular formula is C19H15Br. The largest absolute Gasteiger partial charge is 0.0786 e. The van der Waals surface area contributed by atoms with Crippen LogP contribution in [0.15, 0.2) is 84.9 Å². The Morgan fingerprint density at radius 1 is 0.600 bits per heavy atom. The van der Waals surface area contributed by atoms with Crippen LogP contribution in [0, 0.1) is 0 Å². The van der Waals surface area contributed by atoms with Crippen LogP contribution in [0.25, 0.3) is 11.1 Å². The monoisotopic (exact) mass is 322 g/mol. The quantitative estimate of drug-likeness (QED) is 0.531. The zero-order chi connectivity index (χ0) is 13.8. The number of rotatable bonds is 3. The molecule has 1 atom stereocenters. The zero-order valence-electron chi connectivity index (χ0n) is 11.0. The fourth-order valence-corrected chi connectivity index (χ4v) is 3.10. The van der Waals surface area contributed by atoms with Crippen LogP contribution in [0.3, 0.4) is 0 Å². The third kappa shape index (κ3) is 2.68. The molecule has 0 N–H and O–H groups in total. The molecule has 98 valence electrons. The predicted molar refractivity (Wildman–Crippen MR) is 89.1 cm³/mol. The summed E-state index contributed by atoms with van der Waals surface area (Å²) >= 11 is 3.84. The Labute approximate surface area is 128 Å². The normalized spacial score (nSPS) is 12.1. The maximum atomic E-state index is 3.84. The van der Waals surface area contributed by atoms with Gasteiger partial charge in [-0.25, -0.2) is 0 Å². The highest BCUT2D eigenvalue weighted by Gasteiger charge is 2.14. The van der Waals surface area contributed by atoms with Gasteiger partial charge in [0.1, 0.15) is 0 Å². The zero-order valence-corrected chi connectivity index (χ0v) is 12.6. The van der Waals surface area contributed by atoms with Gasteiger partial charge in [-0.15, -0.1) is 0 Å². The lowest BCUT2D eigenvalue weighted by Gasteiger charge is -2.15. The number of hydrogen-bond acceptors (Lipinski definition) is 0. The van der Waals surface area contributed by atoms with Gasteiger partial charge in [-0.3, -0.25) is 0 Å². The molecule has 0 aliphatic heterocycles. The number of hydrogen-bond donors (Lipinski definition) is 0. The Balaban J connectivity index is 2.07. The molecule has 0 aliphatic carbocycles. The van der Waals surface area contributed by atoms with Crippen molar-refractivity contribution in [3.8, 4) is 11.1 Å². The molecule has 0 fully saturated rings. The van der Waals surface area contributed by atoms with Crippen molar-refractivity contribution in [2.75, 3.05) is 0 Å². The van der Waals surface area contributed by atoms with E-state index in [-0.39, 0.29) is 4.83 Å². The summed E-state index contributed by atoms with van der Waals surface area (Å²) < 4.78 is 0. The molecule has 1 heteroatoms. The summed E-state index contributed by atoms with van der Waals surface area (Å²) in [5, 5.41) is 0. The van der Waals surface area contributed by atoms with Crippen LogP contribution in [0.4, 0.5) is 0 Å². The van der Waals surface area contributed by atoms with Gasteiger partial charge in [0, 0.05) is 0 Å². The Bertz CT molecular complexity index is 674. The minimum Gasteiger partial charge on any atom is -0.0786 e. The van der Waals surface area contributed by atoms with E-state index in [1.54, 1.807) is 0 Å². The molecule has 0 saturated carbocycles. The molecule has 0 amide bonds. The van der Waals surface area contributed by atoms with E-state index >= 15 is 0 Å². The van der Waals surface area contributed by atoms with Crippen molar-refractivity contribution in [3.05, 3.63) is 96.1 Å². The lowest BCUT2D eigenvalue weighted by Crippen LogP contribution is -1.95. The molecule has 0 heterocycles. The summed E-state index contributed by atoms with van der Waals surface area (Å²) in [5.41, 5.74) is 5.10. The summed E-state index contributed by atoms with van der Waals surface area (Å²) in [5.74, 6) is 0. The molecule has 3 aromatic carbocycles. The number of halogens is 1. The molecule has 0 bridgehead atoms. The fraction of sp³-hybridized carbons (Fsp3) is 0.0526. The maximum absolute atomic E-state index is 3.84. The Morgan fingerprint density at radius 2 is 1.15 bits per heavy atom. The molecule has 0 nitrogen and oxygen atoms in total. The summed E-state index contributed by atoms with van der Waals surface area (Å²) in [6.07, 6.45) is 0. The fourth-order valence-electron chi connectivity index (χ4n) is 2.40. The third-order valence-electron chi connectivity index (χ3n) is 3.41. The Hall–Kier alpha value is -1.86. The van der Waals surface area contributed by atoms with E-state index < -0.39 is 0 Å². The van der Waals surface area contributed by atoms with Crippen LogP contribution < -0.4 is 0 Å². The second-order valence-corrected chi connectivity index (χ2v) is 5.64. The standard InChI is InChI=1S/C19H15Br/c20-19(16-11-5-2-6-12-16)18-14-8-7-13-17(18)15-9-3-1-4-10-15/h1-14,19H. The molecule has 0 saturated heterocycles. The van der Waals surface area contributed by atoms with E-state index in [1.165, 1.54) is 22.3 Å². The van der Waals surface area contributed by atoms with E-state index in [2.05, 4.69) is 94.8 Å². The molecular weight excluding hydrogens is 308 g/mol. The first-order valence-electron chi connectivity index (χ1n) is 6.69.